The molecule has 0 aromatic heterocycles. The minimum atomic E-state index is 0.491. The summed E-state index contributed by atoms with van der Waals surface area (Å²) in [5.74, 6) is 0.491. The standard InChI is InChI=1S/C40H12/c1-2-12-14-5-6-16-18-9-10-20-19-8-7-17-15-4-3-13-11(1)21-22(12)32-24(14)26(16)34-29(18)30(20)35-28(19)27(17)33-25(15)23(13)31(21)36-37(32)39(34)40(35)38(33)36/h1-9,20H,10H2. The third-order valence-electron chi connectivity index (χ3n) is 12.9. The second kappa shape index (κ2) is 4.12. The van der Waals surface area contributed by atoms with Crippen molar-refractivity contribution in [3.05, 3.63) is 64.9 Å². The van der Waals surface area contributed by atoms with Crippen molar-refractivity contribution in [3.63, 3.8) is 0 Å². The smallest absolute Gasteiger partial charge is 0.0143 e. The first-order chi connectivity index (χ1) is 19.9. The maximum absolute atomic E-state index is 2.61. The molecule has 0 nitrogen and oxygen atoms in total. The highest BCUT2D eigenvalue weighted by molar-refractivity contribution is 6.67. The van der Waals surface area contributed by atoms with Gasteiger partial charge in [0.15, 0.2) is 0 Å². The summed E-state index contributed by atoms with van der Waals surface area (Å²) < 4.78 is 0. The molecule has 0 saturated heterocycles. The molecule has 1 atom stereocenters. The number of hydrogen-bond acceptors (Lipinski definition) is 0. The fourth-order valence-corrected chi connectivity index (χ4v) is 12.0. The van der Waals surface area contributed by atoms with Gasteiger partial charge < -0.3 is 0 Å². The summed E-state index contributed by atoms with van der Waals surface area (Å²) >= 11 is 0. The fourth-order valence-electron chi connectivity index (χ4n) is 12.0. The predicted octanol–water partition coefficient (Wildman–Crippen LogP) is 10.4. The third-order valence-corrected chi connectivity index (χ3v) is 12.9. The van der Waals surface area contributed by atoms with E-state index in [0.717, 1.165) is 6.42 Å². The van der Waals surface area contributed by atoms with Crippen LogP contribution < -0.4 is 5.22 Å². The van der Waals surface area contributed by atoms with E-state index in [4.69, 9.17) is 0 Å². The highest BCUT2D eigenvalue weighted by atomic mass is 14.4. The topological polar surface area (TPSA) is 0 Å². The maximum Gasteiger partial charge on any atom is 0.0143 e. The summed E-state index contributed by atoms with van der Waals surface area (Å²) in [5, 5.41) is 41.9. The van der Waals surface area contributed by atoms with Crippen LogP contribution in [0.1, 0.15) is 23.5 Å². The first kappa shape index (κ1) is 16.2. The second-order valence-electron chi connectivity index (χ2n) is 13.6. The quantitative estimate of drug-likeness (QED) is 0.185. The molecule has 0 radical (unpaired) electrons. The van der Waals surface area contributed by atoms with Crippen LogP contribution >= 0.6 is 0 Å². The zero-order valence-corrected chi connectivity index (χ0v) is 21.0. The number of hydrogen-bond donors (Lipinski definition) is 0. The molecular weight excluding hydrogens is 480 g/mol. The Hall–Kier alpha value is -4.94. The predicted molar refractivity (Wildman–Crippen MR) is 172 cm³/mol. The Bertz CT molecular complexity index is 3540. The van der Waals surface area contributed by atoms with Crippen LogP contribution in [-0.2, 0) is 0 Å². The lowest BCUT2D eigenvalue weighted by Crippen LogP contribution is -2.10. The van der Waals surface area contributed by atoms with Crippen LogP contribution in [0.5, 0.6) is 0 Å². The molecule has 0 heterocycles. The molecule has 0 N–H and O–H groups in total. The summed E-state index contributed by atoms with van der Waals surface area (Å²) in [6.07, 6.45) is 3.74. The molecule has 0 bridgehead atoms. The molecular formula is C40H12. The molecule has 40 heavy (non-hydrogen) atoms. The Morgan fingerprint density at radius 3 is 1.25 bits per heavy atom. The minimum Gasteiger partial charge on any atom is -0.0751 e. The highest BCUT2D eigenvalue weighted by Crippen LogP contribution is 2.67. The van der Waals surface area contributed by atoms with E-state index in [1.807, 2.05) is 0 Å². The van der Waals surface area contributed by atoms with Gasteiger partial charge in [-0.1, -0.05) is 54.6 Å². The van der Waals surface area contributed by atoms with E-state index >= 15 is 0 Å². The first-order valence-electron chi connectivity index (χ1n) is 14.8. The SMILES string of the molecule is C1=c2c3ccc4c5ccc6c7ccc8c9ccc%10c%11c%12c(c2c2c3c4c3c5c6c4c7c8c(c9%11)c5c%12c2c3c45)C%10C1. The zero-order chi connectivity index (χ0) is 24.4. The Labute approximate surface area is 222 Å². The molecule has 2 aliphatic rings. The van der Waals surface area contributed by atoms with Crippen molar-refractivity contribution in [2.75, 3.05) is 0 Å². The van der Waals surface area contributed by atoms with E-state index in [2.05, 4.69) is 54.6 Å². The second-order valence-corrected chi connectivity index (χ2v) is 13.6. The van der Waals surface area contributed by atoms with Gasteiger partial charge in [0, 0.05) is 5.92 Å². The van der Waals surface area contributed by atoms with Gasteiger partial charge in [0.05, 0.1) is 0 Å². The average molecular weight is 493 g/mol. The Morgan fingerprint density at radius 1 is 0.325 bits per heavy atom. The lowest BCUT2D eigenvalue weighted by atomic mass is 9.84. The van der Waals surface area contributed by atoms with Gasteiger partial charge >= 0.3 is 0 Å². The lowest BCUT2D eigenvalue weighted by Gasteiger charge is -2.18. The van der Waals surface area contributed by atoms with E-state index in [9.17, 15) is 0 Å². The summed E-state index contributed by atoms with van der Waals surface area (Å²) in [7, 11) is 0. The normalized spacial score (nSPS) is 18.4. The lowest BCUT2D eigenvalue weighted by molar-refractivity contribution is 0.884. The molecule has 16 rings (SSSR count). The van der Waals surface area contributed by atoms with Gasteiger partial charge in [0.25, 0.3) is 0 Å². The monoisotopic (exact) mass is 492 g/mol. The molecule has 0 heteroatoms. The zero-order valence-electron chi connectivity index (χ0n) is 21.0. The molecule has 1 unspecified atom stereocenters. The van der Waals surface area contributed by atoms with Gasteiger partial charge in [-0.05, 0) is 163 Å². The molecule has 172 valence electrons. The molecule has 0 fully saturated rings. The van der Waals surface area contributed by atoms with Crippen molar-refractivity contribution >= 4 is 146 Å². The van der Waals surface area contributed by atoms with Crippen LogP contribution in [0.3, 0.4) is 0 Å². The van der Waals surface area contributed by atoms with Crippen LogP contribution in [0, 0.1) is 0 Å². The molecule has 0 spiro atoms. The molecule has 0 aliphatic heterocycles. The van der Waals surface area contributed by atoms with Gasteiger partial charge in [-0.25, -0.2) is 0 Å². The molecule has 14 aromatic rings. The minimum absolute atomic E-state index is 0.491. The number of fused-ring (bicyclic) bond motifs is 5. The van der Waals surface area contributed by atoms with Crippen LogP contribution in [0.15, 0.2) is 48.5 Å². The van der Waals surface area contributed by atoms with Crippen molar-refractivity contribution < 1.29 is 0 Å². The number of rotatable bonds is 0. The molecule has 0 saturated carbocycles. The van der Waals surface area contributed by atoms with E-state index in [1.54, 1.807) is 113 Å². The van der Waals surface area contributed by atoms with Gasteiger partial charge in [0.2, 0.25) is 0 Å². The average Bonchev–Trinajstić information content (AvgIpc) is 3.79. The van der Waals surface area contributed by atoms with Gasteiger partial charge in [-0.3, -0.25) is 0 Å². The van der Waals surface area contributed by atoms with Crippen molar-refractivity contribution in [1.29, 1.82) is 0 Å². The Kier molecular flexibility index (Phi) is 1.67. The summed E-state index contributed by atoms with van der Waals surface area (Å²) in [4.78, 5) is 0. The van der Waals surface area contributed by atoms with Crippen molar-refractivity contribution in [3.8, 4) is 0 Å². The summed E-state index contributed by atoms with van der Waals surface area (Å²) in [6.45, 7) is 0. The van der Waals surface area contributed by atoms with Gasteiger partial charge in [-0.15, -0.1) is 0 Å². The molecule has 2 aliphatic carbocycles. The molecule has 0 amide bonds. The Morgan fingerprint density at radius 2 is 0.700 bits per heavy atom. The van der Waals surface area contributed by atoms with Crippen molar-refractivity contribution in [1.82, 2.24) is 0 Å². The maximum atomic E-state index is 2.61. The highest BCUT2D eigenvalue weighted by Gasteiger charge is 2.41. The van der Waals surface area contributed by atoms with E-state index in [0.29, 0.717) is 5.92 Å². The summed E-state index contributed by atoms with van der Waals surface area (Å²) in [5.41, 5.74) is 3.26. The van der Waals surface area contributed by atoms with Crippen LogP contribution in [-0.4, -0.2) is 0 Å². The van der Waals surface area contributed by atoms with Gasteiger partial charge in [-0.2, -0.15) is 0 Å². The van der Waals surface area contributed by atoms with E-state index in [-0.39, 0.29) is 0 Å². The fraction of sp³-hybridized carbons (Fsp3) is 0.0500. The van der Waals surface area contributed by atoms with Crippen LogP contribution in [0.4, 0.5) is 0 Å². The van der Waals surface area contributed by atoms with E-state index in [1.165, 1.54) is 42.9 Å². The van der Waals surface area contributed by atoms with Crippen LogP contribution in [0.2, 0.25) is 0 Å². The molecule has 14 aromatic carbocycles. The number of benzene rings is 9. The largest absolute Gasteiger partial charge is 0.0751 e. The van der Waals surface area contributed by atoms with Crippen LogP contribution in [0.25, 0.3) is 146 Å². The Balaban J connectivity index is 1.57. The van der Waals surface area contributed by atoms with Crippen molar-refractivity contribution in [2.45, 2.75) is 12.3 Å². The van der Waals surface area contributed by atoms with E-state index < -0.39 is 0 Å². The summed E-state index contributed by atoms with van der Waals surface area (Å²) in [6, 6.07) is 19.8. The first-order valence-corrected chi connectivity index (χ1v) is 14.8. The van der Waals surface area contributed by atoms with Crippen molar-refractivity contribution in [2.24, 2.45) is 0 Å². The van der Waals surface area contributed by atoms with Gasteiger partial charge in [0.1, 0.15) is 0 Å². The third kappa shape index (κ3) is 1.05.